The summed E-state index contributed by atoms with van der Waals surface area (Å²) >= 11 is 1.71. The number of ether oxygens (including phenoxy) is 1. The molecule has 2 heterocycles. The number of H-pyrrole nitrogens is 1. The van der Waals surface area contributed by atoms with Crippen molar-refractivity contribution < 1.29 is 9.84 Å². The molecule has 1 aliphatic heterocycles. The zero-order chi connectivity index (χ0) is 25.1. The van der Waals surface area contributed by atoms with E-state index in [9.17, 15) is 14.7 Å². The van der Waals surface area contributed by atoms with Gasteiger partial charge < -0.3 is 9.84 Å². The minimum absolute atomic E-state index is 0.269. The number of nitrogens with one attached hydrogen (secondary N) is 1. The molecular formula is C29H28N2O4S. The number of aromatic nitrogens is 2. The summed E-state index contributed by atoms with van der Waals surface area (Å²) in [5, 5.41) is 10.9. The highest BCUT2D eigenvalue weighted by atomic mass is 32.2. The molecule has 0 saturated carbocycles. The summed E-state index contributed by atoms with van der Waals surface area (Å²) < 4.78 is 7.04. The van der Waals surface area contributed by atoms with Gasteiger partial charge in [0.15, 0.2) is 0 Å². The van der Waals surface area contributed by atoms with E-state index in [-0.39, 0.29) is 6.42 Å². The zero-order valence-electron chi connectivity index (χ0n) is 19.9. The van der Waals surface area contributed by atoms with Crippen molar-refractivity contribution in [2.75, 3.05) is 5.75 Å². The minimum Gasteiger partial charge on any atom is -0.390 e. The van der Waals surface area contributed by atoms with Crippen LogP contribution in [-0.4, -0.2) is 32.6 Å². The Balaban J connectivity index is 1.50. The quantitative estimate of drug-likeness (QED) is 0.371. The van der Waals surface area contributed by atoms with E-state index in [0.29, 0.717) is 11.3 Å². The van der Waals surface area contributed by atoms with Gasteiger partial charge >= 0.3 is 5.69 Å². The van der Waals surface area contributed by atoms with Crippen LogP contribution >= 0.6 is 11.8 Å². The second kappa shape index (κ2) is 10.3. The molecule has 0 aliphatic carbocycles. The van der Waals surface area contributed by atoms with Gasteiger partial charge in [-0.1, -0.05) is 91.0 Å². The van der Waals surface area contributed by atoms with Crippen molar-refractivity contribution in [2.45, 2.75) is 36.5 Å². The molecule has 1 aliphatic rings. The number of hydrogen-bond acceptors (Lipinski definition) is 5. The van der Waals surface area contributed by atoms with Crippen molar-refractivity contribution >= 4 is 11.8 Å². The van der Waals surface area contributed by atoms with Gasteiger partial charge in [-0.25, -0.2) is 4.79 Å². The van der Waals surface area contributed by atoms with E-state index in [1.54, 1.807) is 18.7 Å². The molecule has 0 bridgehead atoms. The van der Waals surface area contributed by atoms with Crippen molar-refractivity contribution in [3.8, 4) is 0 Å². The fourth-order valence-corrected chi connectivity index (χ4v) is 6.43. The van der Waals surface area contributed by atoms with Crippen LogP contribution in [-0.2, 0) is 9.48 Å². The molecule has 3 atom stereocenters. The van der Waals surface area contributed by atoms with Crippen LogP contribution in [0.4, 0.5) is 0 Å². The van der Waals surface area contributed by atoms with Crippen LogP contribution in [0.5, 0.6) is 0 Å². The predicted molar refractivity (Wildman–Crippen MR) is 142 cm³/mol. The average molecular weight is 501 g/mol. The van der Waals surface area contributed by atoms with Gasteiger partial charge in [-0.2, -0.15) is 0 Å². The SMILES string of the molecule is Cc1cn([C@H]2C[C@H](O)[C@@H](CSC(c3ccccc3)(c3ccccc3)c3ccccc3)O2)c(=O)[nH]c1=O. The summed E-state index contributed by atoms with van der Waals surface area (Å²) in [6.07, 6.45) is -0.119. The zero-order valence-corrected chi connectivity index (χ0v) is 20.7. The molecular weight excluding hydrogens is 472 g/mol. The number of hydrogen-bond donors (Lipinski definition) is 2. The second-order valence-corrected chi connectivity index (χ2v) is 10.2. The highest BCUT2D eigenvalue weighted by Gasteiger charge is 2.41. The Morgan fingerprint density at radius 1 is 0.917 bits per heavy atom. The molecule has 184 valence electrons. The van der Waals surface area contributed by atoms with Gasteiger partial charge in [-0.15, -0.1) is 11.8 Å². The Hall–Kier alpha value is -3.39. The van der Waals surface area contributed by atoms with Gasteiger partial charge in [0, 0.05) is 23.9 Å². The van der Waals surface area contributed by atoms with Gasteiger partial charge in [0.25, 0.3) is 5.56 Å². The van der Waals surface area contributed by atoms with Crippen LogP contribution in [0.1, 0.15) is 34.9 Å². The van der Waals surface area contributed by atoms with Gasteiger partial charge in [0.1, 0.15) is 6.23 Å². The number of nitrogens with zero attached hydrogens (tertiary/aromatic N) is 1. The summed E-state index contributed by atoms with van der Waals surface area (Å²) in [5.74, 6) is 0.493. The lowest BCUT2D eigenvalue weighted by atomic mass is 9.84. The molecule has 3 aromatic carbocycles. The number of rotatable bonds is 7. The average Bonchev–Trinajstić information content (AvgIpc) is 3.28. The van der Waals surface area contributed by atoms with E-state index in [2.05, 4.69) is 41.4 Å². The first kappa shape index (κ1) is 24.3. The van der Waals surface area contributed by atoms with Gasteiger partial charge in [-0.05, 0) is 23.6 Å². The summed E-state index contributed by atoms with van der Waals surface area (Å²) in [7, 11) is 0. The van der Waals surface area contributed by atoms with E-state index in [1.807, 2.05) is 54.6 Å². The summed E-state index contributed by atoms with van der Waals surface area (Å²) in [4.78, 5) is 26.5. The Labute approximate surface area is 213 Å². The maximum atomic E-state index is 12.4. The minimum atomic E-state index is -0.748. The van der Waals surface area contributed by atoms with E-state index in [0.717, 1.165) is 16.7 Å². The first-order valence-corrected chi connectivity index (χ1v) is 12.9. The molecule has 0 amide bonds. The van der Waals surface area contributed by atoms with E-state index in [1.165, 1.54) is 10.8 Å². The molecule has 6 nitrogen and oxygen atoms in total. The monoisotopic (exact) mass is 500 g/mol. The lowest BCUT2D eigenvalue weighted by Crippen LogP contribution is -2.33. The fraction of sp³-hybridized carbons (Fsp3) is 0.241. The van der Waals surface area contributed by atoms with E-state index >= 15 is 0 Å². The van der Waals surface area contributed by atoms with Gasteiger partial charge in [0.05, 0.1) is 17.0 Å². The predicted octanol–water partition coefficient (Wildman–Crippen LogP) is 4.22. The molecule has 7 heteroatoms. The normalized spacial score (nSPS) is 19.9. The number of thioether (sulfide) groups is 1. The lowest BCUT2D eigenvalue weighted by molar-refractivity contribution is -0.00772. The standard InChI is InChI=1S/C29H28N2O4S/c1-20-18-31(28(34)30-27(20)33)26-17-24(32)25(35-26)19-36-29(21-11-5-2-6-12-21,22-13-7-3-8-14-22)23-15-9-4-10-16-23/h2-16,18,24-26,32H,17,19H2,1H3,(H,30,33,34)/t24-,25+,26+/m0/s1. The molecule has 0 unspecified atom stereocenters. The largest absolute Gasteiger partial charge is 0.390 e. The summed E-state index contributed by atoms with van der Waals surface area (Å²) in [5.41, 5.74) is 2.85. The highest BCUT2D eigenvalue weighted by Crippen LogP contribution is 2.49. The van der Waals surface area contributed by atoms with Crippen molar-refractivity contribution in [1.82, 2.24) is 9.55 Å². The Morgan fingerprint density at radius 2 is 1.42 bits per heavy atom. The Bertz CT molecular complexity index is 1320. The topological polar surface area (TPSA) is 84.3 Å². The maximum absolute atomic E-state index is 12.4. The Kier molecular flexibility index (Phi) is 6.96. The van der Waals surface area contributed by atoms with Crippen LogP contribution in [0, 0.1) is 6.92 Å². The molecule has 1 fully saturated rings. The summed E-state index contributed by atoms with van der Waals surface area (Å²) in [6.45, 7) is 1.64. The van der Waals surface area contributed by atoms with Crippen molar-refractivity contribution in [1.29, 1.82) is 0 Å². The van der Waals surface area contributed by atoms with Crippen molar-refractivity contribution in [2.24, 2.45) is 0 Å². The van der Waals surface area contributed by atoms with Crippen LogP contribution in [0.2, 0.25) is 0 Å². The molecule has 1 aromatic heterocycles. The number of aliphatic hydroxyl groups excluding tert-OH is 1. The summed E-state index contributed by atoms with van der Waals surface area (Å²) in [6, 6.07) is 31.0. The van der Waals surface area contributed by atoms with Crippen LogP contribution in [0.3, 0.4) is 0 Å². The molecule has 4 aromatic rings. The van der Waals surface area contributed by atoms with E-state index < -0.39 is 34.4 Å². The number of benzene rings is 3. The first-order chi connectivity index (χ1) is 17.5. The molecule has 5 rings (SSSR count). The molecule has 0 radical (unpaired) electrons. The van der Waals surface area contributed by atoms with Gasteiger partial charge in [-0.3, -0.25) is 14.3 Å². The third kappa shape index (κ3) is 4.57. The molecule has 1 saturated heterocycles. The Morgan fingerprint density at radius 3 is 1.92 bits per heavy atom. The van der Waals surface area contributed by atoms with E-state index in [4.69, 9.17) is 4.74 Å². The lowest BCUT2D eigenvalue weighted by Gasteiger charge is -2.36. The van der Waals surface area contributed by atoms with Crippen LogP contribution < -0.4 is 11.2 Å². The van der Waals surface area contributed by atoms with Crippen molar-refractivity contribution in [3.63, 3.8) is 0 Å². The van der Waals surface area contributed by atoms with Crippen LogP contribution in [0.25, 0.3) is 0 Å². The smallest absolute Gasteiger partial charge is 0.330 e. The third-order valence-electron chi connectivity index (χ3n) is 6.67. The number of aryl methyl sites for hydroxylation is 1. The molecule has 36 heavy (non-hydrogen) atoms. The molecule has 0 spiro atoms. The molecule has 2 N–H and O–H groups in total. The van der Waals surface area contributed by atoms with Gasteiger partial charge in [0.2, 0.25) is 0 Å². The first-order valence-electron chi connectivity index (χ1n) is 11.9. The van der Waals surface area contributed by atoms with Crippen molar-refractivity contribution in [3.05, 3.63) is 140 Å². The van der Waals surface area contributed by atoms with Crippen LogP contribution in [0.15, 0.2) is 107 Å². The number of aliphatic hydroxyl groups is 1. The number of aromatic amines is 1. The third-order valence-corrected chi connectivity index (χ3v) is 8.30. The second-order valence-electron chi connectivity index (χ2n) is 9.00. The maximum Gasteiger partial charge on any atom is 0.330 e. The highest BCUT2D eigenvalue weighted by molar-refractivity contribution is 8.00. The fourth-order valence-electron chi connectivity index (χ4n) is 4.81.